The highest BCUT2D eigenvalue weighted by molar-refractivity contribution is 7.09. The molecule has 3 aromatic rings. The van der Waals surface area contributed by atoms with Crippen LogP contribution in [0.25, 0.3) is 0 Å². The Kier molecular flexibility index (Phi) is 6.84. The Bertz CT molecular complexity index is 776. The van der Waals surface area contributed by atoms with Gasteiger partial charge in [-0.05, 0) is 35.9 Å². The van der Waals surface area contributed by atoms with Crippen LogP contribution >= 0.6 is 11.3 Å². The molecule has 0 radical (unpaired) electrons. The molecule has 0 bridgehead atoms. The van der Waals surface area contributed by atoms with Gasteiger partial charge in [0.25, 0.3) is 0 Å². The van der Waals surface area contributed by atoms with Crippen LogP contribution in [-0.2, 0) is 19.5 Å². The molecule has 0 unspecified atom stereocenters. The van der Waals surface area contributed by atoms with Gasteiger partial charge in [-0.3, -0.25) is 0 Å². The summed E-state index contributed by atoms with van der Waals surface area (Å²) in [6.07, 6.45) is 6.63. The van der Waals surface area contributed by atoms with Crippen molar-refractivity contribution < 1.29 is 0 Å². The number of aliphatic imine (C=N–C) groups is 1. The molecule has 5 nitrogen and oxygen atoms in total. The Morgan fingerprint density at radius 3 is 2.69 bits per heavy atom. The van der Waals surface area contributed by atoms with Gasteiger partial charge in [0.05, 0.1) is 12.9 Å². The fourth-order valence-electron chi connectivity index (χ4n) is 2.61. The van der Waals surface area contributed by atoms with Crippen LogP contribution in [0, 0.1) is 0 Å². The second kappa shape index (κ2) is 9.77. The second-order valence-corrected chi connectivity index (χ2v) is 7.04. The molecule has 136 valence electrons. The lowest BCUT2D eigenvalue weighted by atomic mass is 10.1. The molecule has 2 aromatic heterocycles. The van der Waals surface area contributed by atoms with Gasteiger partial charge >= 0.3 is 0 Å². The summed E-state index contributed by atoms with van der Waals surface area (Å²) in [7, 11) is 0. The molecular weight excluding hydrogens is 342 g/mol. The Balaban J connectivity index is 1.51. The third-order valence-corrected chi connectivity index (χ3v) is 4.89. The van der Waals surface area contributed by atoms with E-state index in [-0.39, 0.29) is 0 Å². The summed E-state index contributed by atoms with van der Waals surface area (Å²) >= 11 is 1.79. The lowest BCUT2D eigenvalue weighted by Crippen LogP contribution is -2.38. The first-order valence-corrected chi connectivity index (χ1v) is 9.79. The first-order chi connectivity index (χ1) is 12.8. The number of nitrogens with one attached hydrogen (secondary N) is 2. The average molecular weight is 368 g/mol. The average Bonchev–Trinajstić information content (AvgIpc) is 3.35. The first kappa shape index (κ1) is 18.2. The molecule has 3 rings (SSSR count). The van der Waals surface area contributed by atoms with Crippen molar-refractivity contribution >= 4 is 17.3 Å². The van der Waals surface area contributed by atoms with Gasteiger partial charge in [-0.15, -0.1) is 11.3 Å². The highest BCUT2D eigenvalue weighted by Crippen LogP contribution is 2.09. The van der Waals surface area contributed by atoms with Crippen molar-refractivity contribution in [2.24, 2.45) is 4.99 Å². The topological polar surface area (TPSA) is 54.2 Å². The maximum atomic E-state index is 4.69. The van der Waals surface area contributed by atoms with Gasteiger partial charge in [-0.2, -0.15) is 0 Å². The third-order valence-electron chi connectivity index (χ3n) is 3.96. The largest absolute Gasteiger partial charge is 0.357 e. The fourth-order valence-corrected chi connectivity index (χ4v) is 3.32. The summed E-state index contributed by atoms with van der Waals surface area (Å²) in [5, 5.41) is 8.83. The second-order valence-electron chi connectivity index (χ2n) is 6.00. The van der Waals surface area contributed by atoms with E-state index in [1.165, 1.54) is 16.0 Å². The van der Waals surface area contributed by atoms with Gasteiger partial charge in [-0.1, -0.05) is 30.3 Å². The zero-order chi connectivity index (χ0) is 18.0. The zero-order valence-corrected chi connectivity index (χ0v) is 15.9. The van der Waals surface area contributed by atoms with Gasteiger partial charge < -0.3 is 15.2 Å². The monoisotopic (exact) mass is 367 g/mol. The van der Waals surface area contributed by atoms with E-state index >= 15 is 0 Å². The summed E-state index contributed by atoms with van der Waals surface area (Å²) in [4.78, 5) is 10.2. The SMILES string of the molecule is CCNC(=NCc1ccc(Cn2ccnc2)cc1)NCCc1cccs1. The summed E-state index contributed by atoms with van der Waals surface area (Å²) in [6, 6.07) is 12.9. The van der Waals surface area contributed by atoms with E-state index < -0.39 is 0 Å². The molecule has 0 aliphatic carbocycles. The molecular formula is C20H25N5S. The van der Waals surface area contributed by atoms with Crippen molar-refractivity contribution in [2.75, 3.05) is 13.1 Å². The summed E-state index contributed by atoms with van der Waals surface area (Å²) < 4.78 is 2.06. The molecule has 2 N–H and O–H groups in total. The number of thiophene rings is 1. The van der Waals surface area contributed by atoms with Crippen molar-refractivity contribution in [3.05, 3.63) is 76.5 Å². The number of hydrogen-bond acceptors (Lipinski definition) is 3. The maximum Gasteiger partial charge on any atom is 0.191 e. The minimum Gasteiger partial charge on any atom is -0.357 e. The fraction of sp³-hybridized carbons (Fsp3) is 0.300. The van der Waals surface area contributed by atoms with Gasteiger partial charge in [-0.25, -0.2) is 9.98 Å². The van der Waals surface area contributed by atoms with E-state index in [1.54, 1.807) is 17.5 Å². The van der Waals surface area contributed by atoms with Crippen molar-refractivity contribution in [3.63, 3.8) is 0 Å². The van der Waals surface area contributed by atoms with E-state index in [2.05, 4.69) is 68.9 Å². The van der Waals surface area contributed by atoms with Crippen molar-refractivity contribution in [2.45, 2.75) is 26.4 Å². The van der Waals surface area contributed by atoms with Crippen LogP contribution in [0.3, 0.4) is 0 Å². The lowest BCUT2D eigenvalue weighted by Gasteiger charge is -2.11. The number of aromatic nitrogens is 2. The van der Waals surface area contributed by atoms with E-state index in [4.69, 9.17) is 4.99 Å². The third kappa shape index (κ3) is 5.74. The smallest absolute Gasteiger partial charge is 0.191 e. The van der Waals surface area contributed by atoms with Gasteiger partial charge in [0.2, 0.25) is 0 Å². The maximum absolute atomic E-state index is 4.69. The Labute approximate surface area is 158 Å². The van der Waals surface area contributed by atoms with E-state index in [1.807, 2.05) is 12.5 Å². The van der Waals surface area contributed by atoms with Gasteiger partial charge in [0.1, 0.15) is 0 Å². The predicted molar refractivity (Wildman–Crippen MR) is 109 cm³/mol. The summed E-state index contributed by atoms with van der Waals surface area (Å²) in [5.74, 6) is 0.867. The molecule has 6 heteroatoms. The van der Waals surface area contributed by atoms with Crippen molar-refractivity contribution in [1.29, 1.82) is 0 Å². The standard InChI is InChI=1S/C20H25N5S/c1-2-22-20(23-10-9-19-4-3-13-26-19)24-14-17-5-7-18(8-6-17)15-25-12-11-21-16-25/h3-8,11-13,16H,2,9-10,14-15H2,1H3,(H2,22,23,24). The highest BCUT2D eigenvalue weighted by atomic mass is 32.1. The lowest BCUT2D eigenvalue weighted by molar-refractivity contribution is 0.795. The molecule has 0 fully saturated rings. The number of nitrogens with zero attached hydrogens (tertiary/aromatic N) is 3. The quantitative estimate of drug-likeness (QED) is 0.474. The molecule has 0 aliphatic rings. The molecule has 2 heterocycles. The highest BCUT2D eigenvalue weighted by Gasteiger charge is 2.00. The minimum absolute atomic E-state index is 0.666. The number of rotatable bonds is 8. The van der Waals surface area contributed by atoms with E-state index in [0.29, 0.717) is 6.54 Å². The van der Waals surface area contributed by atoms with Crippen LogP contribution in [-0.4, -0.2) is 28.6 Å². The van der Waals surface area contributed by atoms with Crippen LogP contribution in [0.5, 0.6) is 0 Å². The Morgan fingerprint density at radius 2 is 2.00 bits per heavy atom. The zero-order valence-electron chi connectivity index (χ0n) is 15.1. The summed E-state index contributed by atoms with van der Waals surface area (Å²) in [5.41, 5.74) is 2.46. The van der Waals surface area contributed by atoms with Crippen LogP contribution in [0.15, 0.2) is 65.5 Å². The summed E-state index contributed by atoms with van der Waals surface area (Å²) in [6.45, 7) is 5.34. The molecule has 0 atom stereocenters. The van der Waals surface area contributed by atoms with Crippen LogP contribution in [0.4, 0.5) is 0 Å². The molecule has 0 saturated carbocycles. The van der Waals surface area contributed by atoms with Crippen LogP contribution in [0.1, 0.15) is 22.9 Å². The number of imidazole rings is 1. The molecule has 26 heavy (non-hydrogen) atoms. The van der Waals surface area contributed by atoms with E-state index in [0.717, 1.165) is 32.0 Å². The normalized spacial score (nSPS) is 11.5. The Hall–Kier alpha value is -2.60. The van der Waals surface area contributed by atoms with Gasteiger partial charge in [0, 0.05) is 36.9 Å². The minimum atomic E-state index is 0.666. The molecule has 0 saturated heterocycles. The van der Waals surface area contributed by atoms with Crippen molar-refractivity contribution in [1.82, 2.24) is 20.2 Å². The van der Waals surface area contributed by atoms with Crippen molar-refractivity contribution in [3.8, 4) is 0 Å². The number of hydrogen-bond donors (Lipinski definition) is 2. The van der Waals surface area contributed by atoms with E-state index in [9.17, 15) is 0 Å². The number of benzene rings is 1. The van der Waals surface area contributed by atoms with Gasteiger partial charge in [0.15, 0.2) is 5.96 Å². The van der Waals surface area contributed by atoms with Crippen LogP contribution < -0.4 is 10.6 Å². The Morgan fingerprint density at radius 1 is 1.15 bits per heavy atom. The molecule has 0 spiro atoms. The first-order valence-electron chi connectivity index (χ1n) is 8.91. The predicted octanol–water partition coefficient (Wildman–Crippen LogP) is 3.29. The van der Waals surface area contributed by atoms with Crippen LogP contribution in [0.2, 0.25) is 0 Å². The molecule has 0 amide bonds. The molecule has 0 aliphatic heterocycles. The molecule has 1 aromatic carbocycles. The number of guanidine groups is 1.